The highest BCUT2D eigenvalue weighted by Gasteiger charge is 2.05. The van der Waals surface area contributed by atoms with Crippen molar-refractivity contribution in [1.29, 1.82) is 0 Å². The minimum atomic E-state index is 0.435. The van der Waals surface area contributed by atoms with Gasteiger partial charge in [-0.15, -0.1) is 0 Å². The van der Waals surface area contributed by atoms with Crippen LogP contribution in [0.15, 0.2) is 0 Å². The minimum absolute atomic E-state index is 0.435. The fraction of sp³-hybridized carbons (Fsp3) is 1.00. The number of hydroxylamine groups is 2. The summed E-state index contributed by atoms with van der Waals surface area (Å²) in [5.74, 6) is 0. The molecule has 0 aliphatic carbocycles. The van der Waals surface area contributed by atoms with E-state index in [1.165, 1.54) is 0 Å². The van der Waals surface area contributed by atoms with Gasteiger partial charge in [0, 0.05) is 6.42 Å². The molecule has 0 atom stereocenters. The first-order valence-electron chi connectivity index (χ1n) is 1.91. The normalized spacial score (nSPS) is 25.8. The molecule has 0 bridgehead atoms. The van der Waals surface area contributed by atoms with E-state index in [0.717, 1.165) is 19.5 Å². The zero-order valence-electron chi connectivity index (χ0n) is 3.03. The molecule has 1 saturated heterocycles. The minimum Gasteiger partial charge on any atom is -0.634 e. The summed E-state index contributed by atoms with van der Waals surface area (Å²) in [6.45, 7) is 1.69. The van der Waals surface area contributed by atoms with Gasteiger partial charge >= 0.3 is 0 Å². The first-order chi connectivity index (χ1) is 2.39. The number of hydrogen-bond acceptors (Lipinski definition) is 1. The lowest BCUT2D eigenvalue weighted by Gasteiger charge is -2.29. The molecular formula is C3H7NO. The third-order valence-electron chi connectivity index (χ3n) is 0.911. The van der Waals surface area contributed by atoms with Crippen LogP contribution < -0.4 is 5.06 Å². The monoisotopic (exact) mass is 73.1 g/mol. The Bertz CT molecular complexity index is 33.9. The van der Waals surface area contributed by atoms with Gasteiger partial charge < -0.3 is 10.3 Å². The van der Waals surface area contributed by atoms with Gasteiger partial charge in [-0.05, 0) is 0 Å². The molecule has 0 unspecified atom stereocenters. The van der Waals surface area contributed by atoms with E-state index in [1.54, 1.807) is 0 Å². The second kappa shape index (κ2) is 0.954. The van der Waals surface area contributed by atoms with Crippen molar-refractivity contribution < 1.29 is 5.06 Å². The highest BCUT2D eigenvalue weighted by atomic mass is 16.5. The van der Waals surface area contributed by atoms with Crippen molar-refractivity contribution in [3.8, 4) is 0 Å². The van der Waals surface area contributed by atoms with Crippen LogP contribution in [-0.2, 0) is 0 Å². The van der Waals surface area contributed by atoms with E-state index in [2.05, 4.69) is 0 Å². The van der Waals surface area contributed by atoms with E-state index >= 15 is 0 Å². The quantitative estimate of drug-likeness (QED) is 0.357. The summed E-state index contributed by atoms with van der Waals surface area (Å²) in [6, 6.07) is 0. The van der Waals surface area contributed by atoms with Gasteiger partial charge in [0.15, 0.2) is 0 Å². The largest absolute Gasteiger partial charge is 0.634 e. The Morgan fingerprint density at radius 2 is 1.80 bits per heavy atom. The highest BCUT2D eigenvalue weighted by molar-refractivity contribution is 4.40. The lowest BCUT2D eigenvalue weighted by atomic mass is 10.3. The van der Waals surface area contributed by atoms with Crippen molar-refractivity contribution >= 4 is 0 Å². The fourth-order valence-corrected chi connectivity index (χ4v) is 0.321. The molecule has 1 aliphatic rings. The summed E-state index contributed by atoms with van der Waals surface area (Å²) < 4.78 is 0. The molecule has 0 spiro atoms. The molecular weight excluding hydrogens is 66.0 g/mol. The maximum atomic E-state index is 9.90. The van der Waals surface area contributed by atoms with Crippen LogP contribution in [0.25, 0.3) is 0 Å². The van der Waals surface area contributed by atoms with Crippen molar-refractivity contribution in [2.45, 2.75) is 6.42 Å². The predicted octanol–water partition coefficient (Wildman–Crippen LogP) is -1.23. The SMILES string of the molecule is [O-][NH+]1CCC1. The summed E-state index contributed by atoms with van der Waals surface area (Å²) in [4.78, 5) is 0. The van der Waals surface area contributed by atoms with E-state index in [4.69, 9.17) is 0 Å². The molecule has 5 heavy (non-hydrogen) atoms. The second-order valence-corrected chi connectivity index (χ2v) is 1.39. The maximum absolute atomic E-state index is 9.90. The van der Waals surface area contributed by atoms with Crippen LogP contribution in [0.3, 0.4) is 0 Å². The van der Waals surface area contributed by atoms with E-state index in [9.17, 15) is 5.21 Å². The Balaban J connectivity index is 2.08. The molecule has 0 aromatic carbocycles. The van der Waals surface area contributed by atoms with Gasteiger partial charge in [0.2, 0.25) is 0 Å². The number of rotatable bonds is 0. The van der Waals surface area contributed by atoms with Crippen molar-refractivity contribution in [2.75, 3.05) is 13.1 Å². The molecule has 2 nitrogen and oxygen atoms in total. The molecule has 1 rings (SSSR count). The molecule has 1 N–H and O–H groups in total. The van der Waals surface area contributed by atoms with E-state index in [-0.39, 0.29) is 0 Å². The van der Waals surface area contributed by atoms with Gasteiger partial charge in [0.05, 0.1) is 13.1 Å². The summed E-state index contributed by atoms with van der Waals surface area (Å²) in [5, 5.41) is 10.3. The Labute approximate surface area is 31.0 Å². The third kappa shape index (κ3) is 0.412. The van der Waals surface area contributed by atoms with Gasteiger partial charge in [0.25, 0.3) is 0 Å². The van der Waals surface area contributed by atoms with Gasteiger partial charge in [-0.25, -0.2) is 0 Å². The van der Waals surface area contributed by atoms with Crippen molar-refractivity contribution in [3.05, 3.63) is 5.21 Å². The van der Waals surface area contributed by atoms with Crippen LogP contribution in [0, 0.1) is 5.21 Å². The number of quaternary nitrogens is 1. The number of nitrogens with one attached hydrogen (secondary N) is 1. The summed E-state index contributed by atoms with van der Waals surface area (Å²) >= 11 is 0. The van der Waals surface area contributed by atoms with Gasteiger partial charge in [-0.1, -0.05) is 0 Å². The Hall–Kier alpha value is -0.0800. The third-order valence-corrected chi connectivity index (χ3v) is 0.911. The molecule has 30 valence electrons. The average molecular weight is 73.1 g/mol. The average Bonchev–Trinajstić information content (AvgIpc) is 1.30. The molecule has 1 heterocycles. The molecule has 0 saturated carbocycles. The zero-order chi connectivity index (χ0) is 3.70. The van der Waals surface area contributed by atoms with Gasteiger partial charge in [0.1, 0.15) is 0 Å². The lowest BCUT2D eigenvalue weighted by molar-refractivity contribution is -0.889. The highest BCUT2D eigenvalue weighted by Crippen LogP contribution is 1.72. The van der Waals surface area contributed by atoms with E-state index in [1.807, 2.05) is 0 Å². The van der Waals surface area contributed by atoms with E-state index < -0.39 is 0 Å². The zero-order valence-corrected chi connectivity index (χ0v) is 3.03. The van der Waals surface area contributed by atoms with Gasteiger partial charge in [-0.2, -0.15) is 0 Å². The molecule has 2 heteroatoms. The fourth-order valence-electron chi connectivity index (χ4n) is 0.321. The van der Waals surface area contributed by atoms with Crippen molar-refractivity contribution in [1.82, 2.24) is 0 Å². The van der Waals surface area contributed by atoms with Crippen LogP contribution in [-0.4, -0.2) is 13.1 Å². The first-order valence-corrected chi connectivity index (χ1v) is 1.91. The van der Waals surface area contributed by atoms with Crippen molar-refractivity contribution in [2.24, 2.45) is 0 Å². The Kier molecular flexibility index (Phi) is 0.596. The topological polar surface area (TPSA) is 27.5 Å². The smallest absolute Gasteiger partial charge is 0.0822 e. The van der Waals surface area contributed by atoms with Crippen molar-refractivity contribution in [3.63, 3.8) is 0 Å². The molecule has 0 amide bonds. The van der Waals surface area contributed by atoms with E-state index in [0.29, 0.717) is 5.06 Å². The van der Waals surface area contributed by atoms with Crippen LogP contribution in [0.1, 0.15) is 6.42 Å². The van der Waals surface area contributed by atoms with Crippen LogP contribution in [0.2, 0.25) is 0 Å². The maximum Gasteiger partial charge on any atom is 0.0822 e. The standard InChI is InChI=1S/C3H7NO/c5-4-2-1-3-4/h4H,1-3H2. The molecule has 1 fully saturated rings. The van der Waals surface area contributed by atoms with Gasteiger partial charge in [-0.3, -0.25) is 0 Å². The predicted molar refractivity (Wildman–Crippen MR) is 18.7 cm³/mol. The first kappa shape index (κ1) is 3.12. The van der Waals surface area contributed by atoms with Crippen LogP contribution in [0.5, 0.6) is 0 Å². The summed E-state index contributed by atoms with van der Waals surface area (Å²) in [6.07, 6.45) is 1.14. The lowest BCUT2D eigenvalue weighted by Crippen LogP contribution is -3.13. The van der Waals surface area contributed by atoms with Crippen LogP contribution >= 0.6 is 0 Å². The summed E-state index contributed by atoms with van der Waals surface area (Å²) in [7, 11) is 0. The molecule has 0 aromatic rings. The molecule has 1 aliphatic heterocycles. The van der Waals surface area contributed by atoms with Crippen LogP contribution in [0.4, 0.5) is 0 Å². The molecule has 0 radical (unpaired) electrons. The number of hydrogen-bond donors (Lipinski definition) is 1. The molecule has 0 aromatic heterocycles. The second-order valence-electron chi connectivity index (χ2n) is 1.39. The Morgan fingerprint density at radius 3 is 1.80 bits per heavy atom. The summed E-state index contributed by atoms with van der Waals surface area (Å²) in [5.41, 5.74) is 0. The Morgan fingerprint density at radius 1 is 1.40 bits per heavy atom.